The first-order valence-electron chi connectivity index (χ1n) is 5.84. The molecule has 4 N–H and O–H groups in total. The molecular formula is C11H17N5O4. The number of likely N-dealkylation sites (N-methyl/N-ethyl adjacent to an activating group) is 1. The number of carbonyl (C=O) groups excluding carboxylic acids is 2. The van der Waals surface area contributed by atoms with Crippen LogP contribution in [0.15, 0.2) is 12.5 Å². The van der Waals surface area contributed by atoms with Crippen LogP contribution in [0.2, 0.25) is 0 Å². The normalized spacial score (nSPS) is 11.5. The summed E-state index contributed by atoms with van der Waals surface area (Å²) in [5, 5.41) is 13.6. The topological polar surface area (TPSA) is 127 Å². The van der Waals surface area contributed by atoms with Gasteiger partial charge in [0.05, 0.1) is 12.9 Å². The monoisotopic (exact) mass is 283 g/mol. The number of carboxylic acid groups (broad SMARTS) is 1. The molecule has 9 nitrogen and oxygen atoms in total. The van der Waals surface area contributed by atoms with Crippen LogP contribution < -0.4 is 10.6 Å². The van der Waals surface area contributed by atoms with Gasteiger partial charge in [0, 0.05) is 32.4 Å². The molecule has 20 heavy (non-hydrogen) atoms. The van der Waals surface area contributed by atoms with Gasteiger partial charge >= 0.3 is 12.0 Å². The summed E-state index contributed by atoms with van der Waals surface area (Å²) in [7, 11) is 3.11. The number of carbonyl (C=O) groups is 3. The Labute approximate surface area is 115 Å². The lowest BCUT2D eigenvalue weighted by atomic mass is 10.2. The number of aromatic amines is 1. The summed E-state index contributed by atoms with van der Waals surface area (Å²) in [5.74, 6) is -1.46. The molecule has 0 aliphatic rings. The zero-order valence-electron chi connectivity index (χ0n) is 11.2. The van der Waals surface area contributed by atoms with Crippen LogP contribution in [0.1, 0.15) is 5.69 Å². The Morgan fingerprint density at radius 3 is 2.65 bits per heavy atom. The SMILES string of the molecule is CN(C)C(=O)CNC(=O)N[C@H](Cc1cnc[nH]1)C(=O)O. The molecule has 0 bridgehead atoms. The van der Waals surface area contributed by atoms with Crippen LogP contribution in [0.5, 0.6) is 0 Å². The summed E-state index contributed by atoms with van der Waals surface area (Å²) in [6, 6.07) is -1.82. The average molecular weight is 283 g/mol. The second kappa shape index (κ2) is 7.12. The van der Waals surface area contributed by atoms with Crippen molar-refractivity contribution in [2.45, 2.75) is 12.5 Å². The minimum Gasteiger partial charge on any atom is -0.480 e. The van der Waals surface area contributed by atoms with E-state index in [1.807, 2.05) is 0 Å². The van der Waals surface area contributed by atoms with Crippen LogP contribution in [-0.2, 0) is 16.0 Å². The van der Waals surface area contributed by atoms with Crippen molar-refractivity contribution in [1.82, 2.24) is 25.5 Å². The average Bonchev–Trinajstić information content (AvgIpc) is 2.87. The molecule has 0 aliphatic carbocycles. The lowest BCUT2D eigenvalue weighted by Gasteiger charge is -2.15. The summed E-state index contributed by atoms with van der Waals surface area (Å²) in [6.45, 7) is -0.199. The van der Waals surface area contributed by atoms with Gasteiger partial charge in [0.1, 0.15) is 6.04 Å². The number of rotatable bonds is 6. The lowest BCUT2D eigenvalue weighted by molar-refractivity contribution is -0.139. The van der Waals surface area contributed by atoms with Gasteiger partial charge < -0.3 is 25.6 Å². The summed E-state index contributed by atoms with van der Waals surface area (Å²) in [5.41, 5.74) is 0.585. The van der Waals surface area contributed by atoms with E-state index in [9.17, 15) is 14.4 Å². The highest BCUT2D eigenvalue weighted by molar-refractivity contribution is 5.86. The molecular weight excluding hydrogens is 266 g/mol. The van der Waals surface area contributed by atoms with E-state index in [-0.39, 0.29) is 18.9 Å². The van der Waals surface area contributed by atoms with Crippen LogP contribution in [-0.4, -0.2) is 64.6 Å². The van der Waals surface area contributed by atoms with Crippen LogP contribution in [0, 0.1) is 0 Å². The smallest absolute Gasteiger partial charge is 0.326 e. The largest absolute Gasteiger partial charge is 0.480 e. The molecule has 110 valence electrons. The first kappa shape index (κ1) is 15.5. The van der Waals surface area contributed by atoms with Crippen LogP contribution in [0.3, 0.4) is 0 Å². The Hall–Kier alpha value is -2.58. The number of aliphatic carboxylic acids is 1. The van der Waals surface area contributed by atoms with Gasteiger partial charge in [-0.25, -0.2) is 14.6 Å². The zero-order valence-corrected chi connectivity index (χ0v) is 11.2. The van der Waals surface area contributed by atoms with Gasteiger partial charge in [0.25, 0.3) is 0 Å². The molecule has 1 atom stereocenters. The maximum absolute atomic E-state index is 11.5. The summed E-state index contributed by atoms with van der Waals surface area (Å²) >= 11 is 0. The zero-order chi connectivity index (χ0) is 15.1. The van der Waals surface area contributed by atoms with Crippen LogP contribution >= 0.6 is 0 Å². The highest BCUT2D eigenvalue weighted by Crippen LogP contribution is 1.98. The van der Waals surface area contributed by atoms with E-state index in [4.69, 9.17) is 5.11 Å². The van der Waals surface area contributed by atoms with E-state index in [1.165, 1.54) is 17.4 Å². The number of amides is 3. The molecule has 1 aromatic heterocycles. The van der Waals surface area contributed by atoms with Gasteiger partial charge in [-0.3, -0.25) is 4.79 Å². The first-order chi connectivity index (χ1) is 9.40. The molecule has 0 aromatic carbocycles. The fourth-order valence-electron chi connectivity index (χ4n) is 1.34. The van der Waals surface area contributed by atoms with Gasteiger partial charge in [0.2, 0.25) is 5.91 Å². The molecule has 0 fully saturated rings. The number of aromatic nitrogens is 2. The minimum atomic E-state index is -1.17. The van der Waals surface area contributed by atoms with Crippen molar-refractivity contribution in [3.05, 3.63) is 18.2 Å². The van der Waals surface area contributed by atoms with Crippen molar-refractivity contribution in [3.63, 3.8) is 0 Å². The van der Waals surface area contributed by atoms with Crippen molar-refractivity contribution < 1.29 is 19.5 Å². The third-order valence-corrected chi connectivity index (χ3v) is 2.48. The van der Waals surface area contributed by atoms with E-state index < -0.39 is 18.0 Å². The molecule has 0 saturated heterocycles. The Kier molecular flexibility index (Phi) is 5.51. The van der Waals surface area contributed by atoms with Gasteiger partial charge in [-0.2, -0.15) is 0 Å². The molecule has 1 rings (SSSR count). The van der Waals surface area contributed by atoms with Crippen LogP contribution in [0.4, 0.5) is 4.79 Å². The molecule has 1 heterocycles. The molecule has 0 aliphatic heterocycles. The Balaban J connectivity index is 2.47. The lowest BCUT2D eigenvalue weighted by Crippen LogP contribution is -2.49. The molecule has 0 radical (unpaired) electrons. The molecule has 1 aromatic rings. The Morgan fingerprint density at radius 2 is 2.15 bits per heavy atom. The number of imidazole rings is 1. The van der Waals surface area contributed by atoms with Crippen molar-refractivity contribution in [2.75, 3.05) is 20.6 Å². The number of urea groups is 1. The van der Waals surface area contributed by atoms with Gasteiger partial charge in [-0.1, -0.05) is 0 Å². The number of nitrogens with zero attached hydrogens (tertiary/aromatic N) is 2. The number of H-pyrrole nitrogens is 1. The Morgan fingerprint density at radius 1 is 1.45 bits per heavy atom. The second-order valence-corrected chi connectivity index (χ2v) is 4.29. The number of hydrogen-bond acceptors (Lipinski definition) is 4. The molecule has 3 amide bonds. The fraction of sp³-hybridized carbons (Fsp3) is 0.455. The fourth-order valence-corrected chi connectivity index (χ4v) is 1.34. The first-order valence-corrected chi connectivity index (χ1v) is 5.84. The quantitative estimate of drug-likeness (QED) is 0.521. The van der Waals surface area contributed by atoms with Crippen molar-refractivity contribution in [1.29, 1.82) is 0 Å². The van der Waals surface area contributed by atoms with Gasteiger partial charge in [-0.05, 0) is 0 Å². The van der Waals surface area contributed by atoms with Gasteiger partial charge in [-0.15, -0.1) is 0 Å². The number of hydrogen-bond donors (Lipinski definition) is 4. The van der Waals surface area contributed by atoms with Gasteiger partial charge in [0.15, 0.2) is 0 Å². The Bertz CT molecular complexity index is 471. The molecule has 0 spiro atoms. The van der Waals surface area contributed by atoms with E-state index in [2.05, 4.69) is 20.6 Å². The van der Waals surface area contributed by atoms with Crippen molar-refractivity contribution in [2.24, 2.45) is 0 Å². The second-order valence-electron chi connectivity index (χ2n) is 4.29. The van der Waals surface area contributed by atoms with E-state index in [1.54, 1.807) is 14.1 Å². The van der Waals surface area contributed by atoms with Crippen molar-refractivity contribution >= 4 is 17.9 Å². The molecule has 0 unspecified atom stereocenters. The third kappa shape index (κ3) is 4.96. The maximum Gasteiger partial charge on any atom is 0.326 e. The maximum atomic E-state index is 11.5. The summed E-state index contributed by atoms with van der Waals surface area (Å²) in [6.07, 6.45) is 2.97. The molecule has 9 heteroatoms. The van der Waals surface area contributed by atoms with Crippen molar-refractivity contribution in [3.8, 4) is 0 Å². The molecule has 0 saturated carbocycles. The highest BCUT2D eigenvalue weighted by atomic mass is 16.4. The highest BCUT2D eigenvalue weighted by Gasteiger charge is 2.21. The van der Waals surface area contributed by atoms with E-state index in [0.29, 0.717) is 5.69 Å². The third-order valence-electron chi connectivity index (χ3n) is 2.48. The number of nitrogens with one attached hydrogen (secondary N) is 3. The summed E-state index contributed by atoms with van der Waals surface area (Å²) in [4.78, 5) is 41.7. The predicted octanol–water partition coefficient (Wildman–Crippen LogP) is -1.21. The standard InChI is InChI=1S/C11H17N5O4/c1-16(2)9(17)5-13-11(20)15-8(10(18)19)3-7-4-12-6-14-7/h4,6,8H,3,5H2,1-2H3,(H,12,14)(H,18,19)(H2,13,15,20)/t8-/m1/s1. The van der Waals surface area contributed by atoms with E-state index in [0.717, 1.165) is 0 Å². The van der Waals surface area contributed by atoms with Crippen LogP contribution in [0.25, 0.3) is 0 Å². The predicted molar refractivity (Wildman–Crippen MR) is 68.9 cm³/mol. The number of carboxylic acids is 1. The summed E-state index contributed by atoms with van der Waals surface area (Å²) < 4.78 is 0. The van der Waals surface area contributed by atoms with E-state index >= 15 is 0 Å². The minimum absolute atomic E-state index is 0.0738.